The van der Waals surface area contributed by atoms with E-state index in [-0.39, 0.29) is 18.1 Å². The molecule has 0 saturated heterocycles. The molecule has 102 valence electrons. The Bertz CT molecular complexity index is 827. The summed E-state index contributed by atoms with van der Waals surface area (Å²) in [6.07, 6.45) is 1.53. The van der Waals surface area contributed by atoms with Crippen molar-refractivity contribution in [2.75, 3.05) is 0 Å². The summed E-state index contributed by atoms with van der Waals surface area (Å²) in [5.41, 5.74) is 2.40. The van der Waals surface area contributed by atoms with E-state index in [0.29, 0.717) is 16.8 Å². The zero-order valence-electron chi connectivity index (χ0n) is 10.8. The van der Waals surface area contributed by atoms with Crippen LogP contribution in [0.1, 0.15) is 21.7 Å². The molecule has 1 amide bonds. The smallest absolute Gasteiger partial charge is 0.323 e. The molecule has 0 saturated carbocycles. The van der Waals surface area contributed by atoms with Crippen LogP contribution in [-0.4, -0.2) is 26.1 Å². The van der Waals surface area contributed by atoms with Crippen molar-refractivity contribution in [2.45, 2.75) is 13.5 Å². The van der Waals surface area contributed by atoms with Gasteiger partial charge >= 0.3 is 5.69 Å². The van der Waals surface area contributed by atoms with E-state index >= 15 is 0 Å². The number of carbonyl (C=O) groups excluding carboxylic acids is 1. The number of H-pyrrole nitrogens is 3. The molecule has 0 spiro atoms. The third-order valence-electron chi connectivity index (χ3n) is 3.11. The predicted molar refractivity (Wildman–Crippen MR) is 73.4 cm³/mol. The van der Waals surface area contributed by atoms with E-state index in [2.05, 4.69) is 25.5 Å². The minimum atomic E-state index is -0.292. The van der Waals surface area contributed by atoms with E-state index in [4.69, 9.17) is 0 Å². The Labute approximate surface area is 113 Å². The van der Waals surface area contributed by atoms with Gasteiger partial charge in [-0.05, 0) is 13.0 Å². The minimum Gasteiger partial charge on any atom is -0.346 e. The molecule has 2 heterocycles. The van der Waals surface area contributed by atoms with Gasteiger partial charge in [-0.15, -0.1) is 0 Å². The van der Waals surface area contributed by atoms with Gasteiger partial charge in [0.2, 0.25) is 0 Å². The third kappa shape index (κ3) is 2.09. The topological polar surface area (TPSA) is 106 Å². The maximum absolute atomic E-state index is 12.2. The second-order valence-electron chi connectivity index (χ2n) is 4.50. The van der Waals surface area contributed by atoms with Gasteiger partial charge in [0.25, 0.3) is 5.91 Å². The first-order valence-electron chi connectivity index (χ1n) is 6.13. The largest absolute Gasteiger partial charge is 0.346 e. The fourth-order valence-electron chi connectivity index (χ4n) is 2.09. The summed E-state index contributed by atoms with van der Waals surface area (Å²) < 4.78 is 0. The van der Waals surface area contributed by atoms with E-state index in [1.165, 1.54) is 6.20 Å². The molecule has 0 fully saturated rings. The lowest BCUT2D eigenvalue weighted by atomic mass is 10.1. The highest BCUT2D eigenvalue weighted by molar-refractivity contribution is 6.05. The fourth-order valence-corrected chi connectivity index (χ4v) is 2.09. The molecule has 3 aromatic rings. The molecule has 1 aromatic carbocycles. The summed E-state index contributed by atoms with van der Waals surface area (Å²) in [7, 11) is 0. The van der Waals surface area contributed by atoms with Crippen molar-refractivity contribution in [1.29, 1.82) is 0 Å². The highest BCUT2D eigenvalue weighted by atomic mass is 16.2. The quantitative estimate of drug-likeness (QED) is 0.566. The molecule has 0 aliphatic carbocycles. The number of fused-ring (bicyclic) bond motifs is 1. The van der Waals surface area contributed by atoms with Crippen LogP contribution in [0.15, 0.2) is 29.2 Å². The Balaban J connectivity index is 1.83. The van der Waals surface area contributed by atoms with Crippen LogP contribution in [-0.2, 0) is 6.54 Å². The maximum atomic E-state index is 12.2. The number of hydrogen-bond donors (Lipinski definition) is 4. The molecule has 0 bridgehead atoms. The van der Waals surface area contributed by atoms with Gasteiger partial charge in [0.05, 0.1) is 17.8 Å². The van der Waals surface area contributed by atoms with Crippen molar-refractivity contribution < 1.29 is 4.79 Å². The fraction of sp³-hybridized carbons (Fsp3) is 0.154. The molecule has 7 heteroatoms. The van der Waals surface area contributed by atoms with Gasteiger partial charge < -0.3 is 15.3 Å². The van der Waals surface area contributed by atoms with Crippen LogP contribution in [0.25, 0.3) is 10.9 Å². The van der Waals surface area contributed by atoms with Gasteiger partial charge in [0.15, 0.2) is 0 Å². The standard InChI is InChI=1S/C13H13N5O2/c1-7-9-3-2-4-10(11(9)18-17-7)12(19)14-5-8-6-15-13(20)16-8/h2-4,6H,5H2,1H3,(H,14,19)(H,17,18)(H2,15,16,20). The van der Waals surface area contributed by atoms with Crippen molar-refractivity contribution in [1.82, 2.24) is 25.5 Å². The SMILES string of the molecule is Cc1[nH]nc2c(C(=O)NCc3c[nH]c(=O)[nH]3)cccc12. The Hall–Kier alpha value is -2.83. The van der Waals surface area contributed by atoms with Gasteiger partial charge in [0, 0.05) is 17.3 Å². The van der Waals surface area contributed by atoms with Crippen LogP contribution >= 0.6 is 0 Å². The second kappa shape index (κ2) is 4.69. The summed E-state index contributed by atoms with van der Waals surface area (Å²) >= 11 is 0. The Morgan fingerprint density at radius 3 is 3.00 bits per heavy atom. The molecule has 0 aliphatic rings. The molecule has 7 nitrogen and oxygen atoms in total. The third-order valence-corrected chi connectivity index (χ3v) is 3.11. The number of aryl methyl sites for hydroxylation is 1. The highest BCUT2D eigenvalue weighted by Crippen LogP contribution is 2.18. The molecule has 2 aromatic heterocycles. The summed E-state index contributed by atoms with van der Waals surface area (Å²) in [6.45, 7) is 2.15. The van der Waals surface area contributed by atoms with Gasteiger partial charge in [-0.25, -0.2) is 4.79 Å². The number of aromatic amines is 3. The average Bonchev–Trinajstić information content (AvgIpc) is 3.03. The van der Waals surface area contributed by atoms with Crippen molar-refractivity contribution in [3.05, 3.63) is 51.8 Å². The molecule has 0 radical (unpaired) electrons. The Kier molecular flexibility index (Phi) is 2.86. The number of carbonyl (C=O) groups is 1. The normalized spacial score (nSPS) is 10.8. The van der Waals surface area contributed by atoms with E-state index in [1.54, 1.807) is 6.07 Å². The predicted octanol–water partition coefficient (Wildman–Crippen LogP) is 0.818. The van der Waals surface area contributed by atoms with Crippen LogP contribution < -0.4 is 11.0 Å². The van der Waals surface area contributed by atoms with Crippen LogP contribution in [0.3, 0.4) is 0 Å². The Morgan fingerprint density at radius 2 is 2.25 bits per heavy atom. The van der Waals surface area contributed by atoms with Crippen molar-refractivity contribution in [2.24, 2.45) is 0 Å². The molecule has 4 N–H and O–H groups in total. The number of rotatable bonds is 3. The molecular weight excluding hydrogens is 258 g/mol. The first-order chi connectivity index (χ1) is 9.65. The maximum Gasteiger partial charge on any atom is 0.323 e. The minimum absolute atomic E-state index is 0.232. The molecule has 0 aliphatic heterocycles. The summed E-state index contributed by atoms with van der Waals surface area (Å²) in [5, 5.41) is 10.7. The van der Waals surface area contributed by atoms with Crippen molar-refractivity contribution in [3.63, 3.8) is 0 Å². The number of hydrogen-bond acceptors (Lipinski definition) is 3. The lowest BCUT2D eigenvalue weighted by Crippen LogP contribution is -2.23. The molecule has 0 atom stereocenters. The van der Waals surface area contributed by atoms with Gasteiger partial charge in [-0.2, -0.15) is 5.10 Å². The number of nitrogens with zero attached hydrogens (tertiary/aromatic N) is 1. The van der Waals surface area contributed by atoms with Gasteiger partial charge in [0.1, 0.15) is 5.52 Å². The number of benzene rings is 1. The molecular formula is C13H13N5O2. The lowest BCUT2D eigenvalue weighted by Gasteiger charge is -2.04. The van der Waals surface area contributed by atoms with E-state index in [1.807, 2.05) is 19.1 Å². The molecule has 0 unspecified atom stereocenters. The summed E-state index contributed by atoms with van der Waals surface area (Å²) in [4.78, 5) is 28.2. The number of aromatic nitrogens is 4. The van der Waals surface area contributed by atoms with Crippen LogP contribution in [0.2, 0.25) is 0 Å². The van der Waals surface area contributed by atoms with E-state index in [0.717, 1.165) is 11.1 Å². The number of para-hydroxylation sites is 1. The second-order valence-corrected chi connectivity index (χ2v) is 4.50. The zero-order valence-corrected chi connectivity index (χ0v) is 10.8. The van der Waals surface area contributed by atoms with Crippen LogP contribution in [0.5, 0.6) is 0 Å². The van der Waals surface area contributed by atoms with Crippen LogP contribution in [0.4, 0.5) is 0 Å². The van der Waals surface area contributed by atoms with Gasteiger partial charge in [-0.3, -0.25) is 9.89 Å². The highest BCUT2D eigenvalue weighted by Gasteiger charge is 2.13. The molecule has 3 rings (SSSR count). The average molecular weight is 271 g/mol. The lowest BCUT2D eigenvalue weighted by molar-refractivity contribution is 0.0952. The van der Waals surface area contributed by atoms with Crippen molar-refractivity contribution >= 4 is 16.8 Å². The monoisotopic (exact) mass is 271 g/mol. The van der Waals surface area contributed by atoms with E-state index in [9.17, 15) is 9.59 Å². The summed E-state index contributed by atoms with van der Waals surface area (Å²) in [6, 6.07) is 5.45. The van der Waals surface area contributed by atoms with Gasteiger partial charge in [-0.1, -0.05) is 12.1 Å². The number of amides is 1. The number of nitrogens with one attached hydrogen (secondary N) is 4. The first-order valence-corrected chi connectivity index (χ1v) is 6.13. The van der Waals surface area contributed by atoms with Crippen LogP contribution in [0, 0.1) is 6.92 Å². The summed E-state index contributed by atoms with van der Waals surface area (Å²) in [5.74, 6) is -0.232. The molecule has 20 heavy (non-hydrogen) atoms. The Morgan fingerprint density at radius 1 is 1.40 bits per heavy atom. The first kappa shape index (κ1) is 12.2. The zero-order chi connectivity index (χ0) is 14.1. The number of imidazole rings is 1. The van der Waals surface area contributed by atoms with E-state index < -0.39 is 0 Å². The van der Waals surface area contributed by atoms with Crippen molar-refractivity contribution in [3.8, 4) is 0 Å².